The standard InChI is InChI=1S/C13H17ClN2OS/c14-12-9-10(3-4-11(12)13(15)18)17-8-7-16-5-1-2-6-16/h3-4,9H,1-2,5-8H2,(H2,15,18). The number of ether oxygens (including phenoxy) is 1. The first-order valence-electron chi connectivity index (χ1n) is 6.11. The molecular formula is C13H17ClN2OS. The lowest BCUT2D eigenvalue weighted by Crippen LogP contribution is -2.25. The van der Waals surface area contributed by atoms with Crippen LogP contribution in [0.2, 0.25) is 5.02 Å². The summed E-state index contributed by atoms with van der Waals surface area (Å²) in [5.74, 6) is 0.763. The fraction of sp³-hybridized carbons (Fsp3) is 0.462. The summed E-state index contributed by atoms with van der Waals surface area (Å²) in [4.78, 5) is 2.72. The van der Waals surface area contributed by atoms with E-state index in [2.05, 4.69) is 4.90 Å². The molecule has 0 aliphatic carbocycles. The zero-order chi connectivity index (χ0) is 13.0. The molecule has 1 aliphatic rings. The largest absolute Gasteiger partial charge is 0.492 e. The quantitative estimate of drug-likeness (QED) is 0.843. The van der Waals surface area contributed by atoms with Crippen molar-refractivity contribution in [3.63, 3.8) is 0 Å². The maximum absolute atomic E-state index is 6.07. The summed E-state index contributed by atoms with van der Waals surface area (Å²) in [5.41, 5.74) is 6.24. The average Bonchev–Trinajstić information content (AvgIpc) is 2.81. The predicted molar refractivity (Wildman–Crippen MR) is 78.5 cm³/mol. The molecule has 0 aromatic heterocycles. The number of nitrogens with zero attached hydrogens (tertiary/aromatic N) is 1. The van der Waals surface area contributed by atoms with Crippen molar-refractivity contribution in [2.75, 3.05) is 26.2 Å². The highest BCUT2D eigenvalue weighted by Crippen LogP contribution is 2.22. The number of benzene rings is 1. The van der Waals surface area contributed by atoms with E-state index in [-0.39, 0.29) is 0 Å². The molecule has 2 rings (SSSR count). The van der Waals surface area contributed by atoms with Crippen LogP contribution in [0.3, 0.4) is 0 Å². The van der Waals surface area contributed by atoms with Gasteiger partial charge in [0, 0.05) is 12.1 Å². The summed E-state index contributed by atoms with van der Waals surface area (Å²) >= 11 is 11.0. The summed E-state index contributed by atoms with van der Waals surface area (Å²) in [6.45, 7) is 4.02. The van der Waals surface area contributed by atoms with Crippen molar-refractivity contribution in [1.82, 2.24) is 4.90 Å². The molecule has 0 radical (unpaired) electrons. The van der Waals surface area contributed by atoms with E-state index in [0.717, 1.165) is 12.3 Å². The molecule has 3 nitrogen and oxygen atoms in total. The van der Waals surface area contributed by atoms with E-state index in [1.54, 1.807) is 12.1 Å². The minimum absolute atomic E-state index is 0.309. The van der Waals surface area contributed by atoms with Crippen LogP contribution in [0.5, 0.6) is 5.75 Å². The molecule has 1 aromatic carbocycles. The van der Waals surface area contributed by atoms with Crippen LogP contribution in [0.4, 0.5) is 0 Å². The Hall–Kier alpha value is -0.840. The number of likely N-dealkylation sites (tertiary alicyclic amines) is 1. The van der Waals surface area contributed by atoms with Gasteiger partial charge in [0.1, 0.15) is 17.3 Å². The van der Waals surface area contributed by atoms with E-state index >= 15 is 0 Å². The molecule has 0 bridgehead atoms. The van der Waals surface area contributed by atoms with Crippen molar-refractivity contribution >= 4 is 28.8 Å². The predicted octanol–water partition coefficient (Wildman–Crippen LogP) is 2.45. The summed E-state index contributed by atoms with van der Waals surface area (Å²) < 4.78 is 5.67. The highest BCUT2D eigenvalue weighted by atomic mass is 35.5. The monoisotopic (exact) mass is 284 g/mol. The molecule has 1 aromatic rings. The van der Waals surface area contributed by atoms with Gasteiger partial charge in [-0.15, -0.1) is 0 Å². The molecule has 1 heterocycles. The lowest BCUT2D eigenvalue weighted by atomic mass is 10.2. The molecule has 0 unspecified atom stereocenters. The fourth-order valence-corrected chi connectivity index (χ4v) is 2.59. The first kappa shape index (κ1) is 13.6. The lowest BCUT2D eigenvalue weighted by molar-refractivity contribution is 0.238. The number of hydrogen-bond donors (Lipinski definition) is 1. The topological polar surface area (TPSA) is 38.5 Å². The third-order valence-electron chi connectivity index (χ3n) is 3.08. The number of rotatable bonds is 5. The van der Waals surface area contributed by atoms with Crippen molar-refractivity contribution in [2.45, 2.75) is 12.8 Å². The zero-order valence-electron chi connectivity index (χ0n) is 10.2. The van der Waals surface area contributed by atoms with Crippen LogP contribution in [-0.2, 0) is 0 Å². The molecule has 0 spiro atoms. The molecule has 1 fully saturated rings. The van der Waals surface area contributed by atoms with Gasteiger partial charge >= 0.3 is 0 Å². The van der Waals surface area contributed by atoms with Gasteiger partial charge in [0.15, 0.2) is 0 Å². The Balaban J connectivity index is 1.85. The van der Waals surface area contributed by atoms with E-state index in [0.29, 0.717) is 22.2 Å². The van der Waals surface area contributed by atoms with E-state index in [1.165, 1.54) is 25.9 Å². The number of nitrogens with two attached hydrogens (primary N) is 1. The van der Waals surface area contributed by atoms with E-state index in [9.17, 15) is 0 Å². The SMILES string of the molecule is NC(=S)c1ccc(OCCN2CCCC2)cc1Cl. The Morgan fingerprint density at radius 3 is 2.72 bits per heavy atom. The number of thiocarbonyl (C=S) groups is 1. The fourth-order valence-electron chi connectivity index (χ4n) is 2.08. The van der Waals surface area contributed by atoms with E-state index < -0.39 is 0 Å². The van der Waals surface area contributed by atoms with Crippen LogP contribution in [0, 0.1) is 0 Å². The molecule has 18 heavy (non-hydrogen) atoms. The maximum atomic E-state index is 6.07. The number of halogens is 1. The van der Waals surface area contributed by atoms with Crippen LogP contribution in [0.1, 0.15) is 18.4 Å². The molecule has 1 aliphatic heterocycles. The molecule has 2 N–H and O–H groups in total. The van der Waals surface area contributed by atoms with Gasteiger partial charge in [0.25, 0.3) is 0 Å². The van der Waals surface area contributed by atoms with Crippen LogP contribution in [0.25, 0.3) is 0 Å². The smallest absolute Gasteiger partial charge is 0.120 e. The van der Waals surface area contributed by atoms with Gasteiger partial charge in [0.2, 0.25) is 0 Å². The molecule has 0 saturated carbocycles. The average molecular weight is 285 g/mol. The first-order valence-corrected chi connectivity index (χ1v) is 6.90. The molecular weight excluding hydrogens is 268 g/mol. The van der Waals surface area contributed by atoms with Gasteiger partial charge in [-0.2, -0.15) is 0 Å². The minimum Gasteiger partial charge on any atom is -0.492 e. The van der Waals surface area contributed by atoms with Crippen LogP contribution in [-0.4, -0.2) is 36.1 Å². The Kier molecular flexibility index (Phi) is 4.80. The maximum Gasteiger partial charge on any atom is 0.120 e. The third-order valence-corrected chi connectivity index (χ3v) is 3.61. The third kappa shape index (κ3) is 3.57. The van der Waals surface area contributed by atoms with Gasteiger partial charge in [-0.1, -0.05) is 23.8 Å². The van der Waals surface area contributed by atoms with Gasteiger partial charge < -0.3 is 10.5 Å². The summed E-state index contributed by atoms with van der Waals surface area (Å²) in [5, 5.41) is 0.543. The molecule has 5 heteroatoms. The molecule has 98 valence electrons. The molecule has 1 saturated heterocycles. The second-order valence-electron chi connectivity index (χ2n) is 4.40. The Labute approximate surface area is 118 Å². The van der Waals surface area contributed by atoms with Gasteiger partial charge in [0.05, 0.1) is 5.02 Å². The lowest BCUT2D eigenvalue weighted by Gasteiger charge is -2.15. The number of hydrogen-bond acceptors (Lipinski definition) is 3. The highest BCUT2D eigenvalue weighted by Gasteiger charge is 2.11. The Morgan fingerprint density at radius 1 is 1.39 bits per heavy atom. The Morgan fingerprint density at radius 2 is 2.11 bits per heavy atom. The second-order valence-corrected chi connectivity index (χ2v) is 5.25. The Bertz CT molecular complexity index is 433. The molecule has 0 atom stereocenters. The van der Waals surface area contributed by atoms with Crippen molar-refractivity contribution in [1.29, 1.82) is 0 Å². The van der Waals surface area contributed by atoms with Gasteiger partial charge in [-0.25, -0.2) is 0 Å². The normalized spacial score (nSPS) is 15.8. The van der Waals surface area contributed by atoms with Crippen molar-refractivity contribution in [3.05, 3.63) is 28.8 Å². The summed E-state index contributed by atoms with van der Waals surface area (Å²) in [6.07, 6.45) is 2.60. The van der Waals surface area contributed by atoms with Gasteiger partial charge in [-0.05, 0) is 44.1 Å². The van der Waals surface area contributed by atoms with Crippen molar-refractivity contribution in [3.8, 4) is 5.75 Å². The van der Waals surface area contributed by atoms with Crippen LogP contribution >= 0.6 is 23.8 Å². The molecule has 0 amide bonds. The second kappa shape index (κ2) is 6.36. The summed E-state index contributed by atoms with van der Waals surface area (Å²) in [6, 6.07) is 5.42. The minimum atomic E-state index is 0.309. The van der Waals surface area contributed by atoms with Crippen LogP contribution in [0.15, 0.2) is 18.2 Å². The van der Waals surface area contributed by atoms with Crippen molar-refractivity contribution < 1.29 is 4.74 Å². The van der Waals surface area contributed by atoms with Gasteiger partial charge in [-0.3, -0.25) is 4.90 Å². The van der Waals surface area contributed by atoms with E-state index in [4.69, 9.17) is 34.3 Å². The zero-order valence-corrected chi connectivity index (χ0v) is 11.8. The van der Waals surface area contributed by atoms with Crippen molar-refractivity contribution in [2.24, 2.45) is 5.73 Å². The van der Waals surface area contributed by atoms with Crippen LogP contribution < -0.4 is 10.5 Å². The first-order chi connectivity index (χ1) is 8.66. The highest BCUT2D eigenvalue weighted by molar-refractivity contribution is 7.80. The summed E-state index contributed by atoms with van der Waals surface area (Å²) in [7, 11) is 0. The van der Waals surface area contributed by atoms with E-state index in [1.807, 2.05) is 6.07 Å².